The molecule has 2 aromatic heterocycles. The summed E-state index contributed by atoms with van der Waals surface area (Å²) in [7, 11) is -8.04. The van der Waals surface area contributed by atoms with Crippen LogP contribution in [-0.4, -0.2) is 56.1 Å². The summed E-state index contributed by atoms with van der Waals surface area (Å²) in [4.78, 5) is 0.0657. The van der Waals surface area contributed by atoms with Crippen LogP contribution in [0.2, 0.25) is 0 Å². The Bertz CT molecular complexity index is 1540. The van der Waals surface area contributed by atoms with Crippen molar-refractivity contribution in [3.63, 3.8) is 0 Å². The van der Waals surface area contributed by atoms with Crippen molar-refractivity contribution in [2.45, 2.75) is 9.79 Å². The zero-order valence-electron chi connectivity index (χ0n) is 17.1. The number of aromatic nitrogens is 8. The van der Waals surface area contributed by atoms with Crippen LogP contribution in [0.1, 0.15) is 0 Å². The molecule has 5 aromatic rings. The first-order chi connectivity index (χ1) is 16.4. The van der Waals surface area contributed by atoms with E-state index in [2.05, 4.69) is 31.1 Å². The van der Waals surface area contributed by atoms with Crippen LogP contribution in [0.5, 0.6) is 0 Å². The predicted octanol–water partition coefficient (Wildman–Crippen LogP) is 1.47. The van der Waals surface area contributed by atoms with Gasteiger partial charge in [-0.25, -0.2) is 0 Å². The summed E-state index contributed by atoms with van der Waals surface area (Å²) in [6.07, 6.45) is 0. The molecule has 0 aliphatic rings. The van der Waals surface area contributed by atoms with Gasteiger partial charge < -0.3 is 0 Å². The molecule has 0 spiro atoms. The molecule has 0 bridgehead atoms. The number of nitrogens with zero attached hydrogens (tertiary/aromatic N) is 8. The summed E-state index contributed by atoms with van der Waals surface area (Å²) < 4.78 is 53.3. The molecule has 3 aromatic carbocycles. The van der Waals surface area contributed by atoms with Crippen molar-refractivity contribution in [1.82, 2.24) is 39.2 Å². The van der Waals surface area contributed by atoms with Crippen molar-refractivity contribution in [2.24, 2.45) is 0 Å². The van der Waals surface area contributed by atoms with Gasteiger partial charge in [-0.2, -0.15) is 16.8 Å². The van der Waals surface area contributed by atoms with Crippen LogP contribution in [0, 0.1) is 0 Å². The minimum absolute atomic E-state index is 0.00750. The molecule has 12 nitrogen and oxygen atoms in total. The van der Waals surface area contributed by atoms with E-state index in [1.807, 2.05) is 0 Å². The standard InChI is InChI=1S/C20H14N8O4S2/c29-33(30,17-7-3-1-4-8-17)27-19(21-23-25-27)15-11-13-16(14-12-15)20-22-24-26-28(20)34(31,32)18-9-5-2-6-10-18/h1-14H. The summed E-state index contributed by atoms with van der Waals surface area (Å²) in [5.41, 5.74) is 0.774. The summed E-state index contributed by atoms with van der Waals surface area (Å²) in [6, 6.07) is 21.7. The lowest BCUT2D eigenvalue weighted by Gasteiger charge is -2.08. The van der Waals surface area contributed by atoms with E-state index < -0.39 is 20.0 Å². The van der Waals surface area contributed by atoms with Crippen molar-refractivity contribution in [3.8, 4) is 22.8 Å². The average Bonchev–Trinajstić information content (AvgIpc) is 3.56. The zero-order valence-corrected chi connectivity index (χ0v) is 18.7. The Labute approximate surface area is 193 Å². The second-order valence-electron chi connectivity index (χ2n) is 6.90. The van der Waals surface area contributed by atoms with Crippen LogP contribution in [0.25, 0.3) is 22.8 Å². The SMILES string of the molecule is O=S(=O)(c1ccccc1)n1nnnc1-c1ccc(-c2nnnn2S(=O)(=O)c2ccccc2)cc1. The van der Waals surface area contributed by atoms with Crippen LogP contribution < -0.4 is 0 Å². The minimum atomic E-state index is -4.02. The molecule has 0 saturated heterocycles. The summed E-state index contributed by atoms with van der Waals surface area (Å²) in [5.74, 6) is -0.0150. The van der Waals surface area contributed by atoms with E-state index in [0.717, 1.165) is 8.17 Å². The molecule has 0 amide bonds. The zero-order chi connectivity index (χ0) is 23.8. The number of rotatable bonds is 6. The lowest BCUT2D eigenvalue weighted by Crippen LogP contribution is -2.16. The minimum Gasteiger partial charge on any atom is -0.199 e. The molecular formula is C20H14N8O4S2. The largest absolute Gasteiger partial charge is 0.286 e. The molecule has 0 aliphatic heterocycles. The first kappa shape index (κ1) is 21.5. The third kappa shape index (κ3) is 3.64. The van der Waals surface area contributed by atoms with Gasteiger partial charge in [-0.15, -0.1) is 18.4 Å². The van der Waals surface area contributed by atoms with Gasteiger partial charge in [0.1, 0.15) is 0 Å². The number of hydrogen-bond donors (Lipinski definition) is 0. The van der Waals surface area contributed by atoms with Gasteiger partial charge >= 0.3 is 0 Å². The van der Waals surface area contributed by atoms with Crippen molar-refractivity contribution >= 4 is 20.0 Å². The highest BCUT2D eigenvalue weighted by Crippen LogP contribution is 2.25. The van der Waals surface area contributed by atoms with E-state index in [9.17, 15) is 16.8 Å². The maximum absolute atomic E-state index is 13.0. The smallest absolute Gasteiger partial charge is 0.199 e. The third-order valence-corrected chi connectivity index (χ3v) is 7.96. The van der Waals surface area contributed by atoms with Gasteiger partial charge in [0.25, 0.3) is 20.0 Å². The van der Waals surface area contributed by atoms with E-state index in [1.165, 1.54) is 24.3 Å². The molecule has 0 fully saturated rings. The summed E-state index contributed by atoms with van der Waals surface area (Å²) >= 11 is 0. The maximum atomic E-state index is 13.0. The second-order valence-corrected chi connectivity index (χ2v) is 10.4. The fourth-order valence-electron chi connectivity index (χ4n) is 3.17. The van der Waals surface area contributed by atoms with Gasteiger partial charge in [-0.1, -0.05) is 60.7 Å². The third-order valence-electron chi connectivity index (χ3n) is 4.82. The Kier molecular flexibility index (Phi) is 5.22. The van der Waals surface area contributed by atoms with Crippen LogP contribution in [0.3, 0.4) is 0 Å². The Morgan fingerprint density at radius 1 is 0.500 bits per heavy atom. The highest BCUT2D eigenvalue weighted by atomic mass is 32.2. The van der Waals surface area contributed by atoms with Gasteiger partial charge in [0.05, 0.1) is 9.79 Å². The molecular weight excluding hydrogens is 480 g/mol. The first-order valence-electron chi connectivity index (χ1n) is 9.68. The molecule has 0 saturated carbocycles. The monoisotopic (exact) mass is 494 g/mol. The maximum Gasteiger partial charge on any atom is 0.286 e. The molecule has 0 radical (unpaired) electrons. The van der Waals surface area contributed by atoms with Crippen LogP contribution in [-0.2, 0) is 20.0 Å². The highest BCUT2D eigenvalue weighted by molar-refractivity contribution is 7.90. The molecule has 0 unspecified atom stereocenters. The summed E-state index contributed by atoms with van der Waals surface area (Å²) in [5, 5.41) is 22.0. The van der Waals surface area contributed by atoms with E-state index in [4.69, 9.17) is 0 Å². The fourth-order valence-corrected chi connectivity index (χ4v) is 5.57. The molecule has 0 aliphatic carbocycles. The van der Waals surface area contributed by atoms with Gasteiger partial charge in [-0.05, 0) is 45.1 Å². The van der Waals surface area contributed by atoms with E-state index in [0.29, 0.717) is 11.1 Å². The van der Waals surface area contributed by atoms with Crippen molar-refractivity contribution in [2.75, 3.05) is 0 Å². The number of tetrazole rings is 2. The molecule has 5 rings (SSSR count). The normalized spacial score (nSPS) is 12.0. The van der Waals surface area contributed by atoms with Gasteiger partial charge in [0.2, 0.25) is 0 Å². The Balaban J connectivity index is 1.52. The topological polar surface area (TPSA) is 155 Å². The highest BCUT2D eigenvalue weighted by Gasteiger charge is 2.25. The van der Waals surface area contributed by atoms with Crippen molar-refractivity contribution in [1.29, 1.82) is 0 Å². The second kappa shape index (κ2) is 8.24. The van der Waals surface area contributed by atoms with Crippen molar-refractivity contribution in [3.05, 3.63) is 84.9 Å². The Morgan fingerprint density at radius 2 is 0.853 bits per heavy atom. The Hall–Kier alpha value is -4.30. The molecule has 0 atom stereocenters. The van der Waals surface area contributed by atoms with Gasteiger partial charge in [0, 0.05) is 11.1 Å². The van der Waals surface area contributed by atoms with Crippen LogP contribution in [0.4, 0.5) is 0 Å². The predicted molar refractivity (Wildman–Crippen MR) is 118 cm³/mol. The van der Waals surface area contributed by atoms with Gasteiger partial charge in [0.15, 0.2) is 11.6 Å². The molecule has 170 valence electrons. The lowest BCUT2D eigenvalue weighted by molar-refractivity contribution is 0.576. The van der Waals surface area contributed by atoms with Crippen molar-refractivity contribution < 1.29 is 16.8 Å². The van der Waals surface area contributed by atoms with E-state index in [1.54, 1.807) is 60.7 Å². The molecule has 0 N–H and O–H groups in total. The number of benzene rings is 3. The van der Waals surface area contributed by atoms with Crippen LogP contribution >= 0.6 is 0 Å². The van der Waals surface area contributed by atoms with E-state index >= 15 is 0 Å². The quantitative estimate of drug-likeness (QED) is 0.339. The van der Waals surface area contributed by atoms with Crippen LogP contribution in [0.15, 0.2) is 94.7 Å². The molecule has 14 heteroatoms. The summed E-state index contributed by atoms with van der Waals surface area (Å²) in [6.45, 7) is 0. The average molecular weight is 495 g/mol. The van der Waals surface area contributed by atoms with Gasteiger partial charge in [-0.3, -0.25) is 0 Å². The van der Waals surface area contributed by atoms with E-state index in [-0.39, 0.29) is 21.4 Å². The number of hydrogen-bond acceptors (Lipinski definition) is 10. The Morgan fingerprint density at radius 3 is 1.21 bits per heavy atom. The molecule has 34 heavy (non-hydrogen) atoms. The fraction of sp³-hybridized carbons (Fsp3) is 0. The first-order valence-corrected chi connectivity index (χ1v) is 12.6. The lowest BCUT2D eigenvalue weighted by atomic mass is 10.1. The molecule has 2 heterocycles.